The molecule has 0 aliphatic carbocycles. The van der Waals surface area contributed by atoms with E-state index in [-0.39, 0.29) is 30.9 Å². The van der Waals surface area contributed by atoms with E-state index in [0.29, 0.717) is 0 Å². The number of anilines is 1. The highest BCUT2D eigenvalue weighted by Gasteiger charge is 2.20. The molecule has 1 atom stereocenters. The van der Waals surface area contributed by atoms with Gasteiger partial charge in [0.1, 0.15) is 6.04 Å². The number of carbonyl (C=O) groups excluding carboxylic acids is 2. The number of quaternary nitrogens is 1. The molecule has 1 heterocycles. The highest BCUT2D eigenvalue weighted by atomic mass is 32.1. The van der Waals surface area contributed by atoms with Crippen LogP contribution < -0.4 is 16.0 Å². The summed E-state index contributed by atoms with van der Waals surface area (Å²) in [6.45, 7) is 4.16. The molecule has 4 N–H and O–H groups in total. The third kappa shape index (κ3) is 5.76. The minimum absolute atomic E-state index is 0.0466. The topological polar surface area (TPSA) is 74.8 Å². The van der Waals surface area contributed by atoms with Crippen molar-refractivity contribution in [2.45, 2.75) is 19.9 Å². The zero-order chi connectivity index (χ0) is 20.6. The van der Waals surface area contributed by atoms with E-state index in [4.69, 9.17) is 0 Å². The number of nitrogens with two attached hydrogens (primary N) is 1. The van der Waals surface area contributed by atoms with E-state index >= 15 is 0 Å². The number of rotatable bonds is 8. The lowest BCUT2D eigenvalue weighted by atomic mass is 10.1. The fraction of sp³-hybridized carbons (Fsp3) is 0.217. The highest BCUT2D eigenvalue weighted by molar-refractivity contribution is 7.10. The van der Waals surface area contributed by atoms with Gasteiger partial charge in [0, 0.05) is 11.3 Å². The smallest absolute Gasteiger partial charge is 0.275 e. The van der Waals surface area contributed by atoms with Crippen molar-refractivity contribution in [2.75, 3.05) is 18.4 Å². The number of hydrogen-bond acceptors (Lipinski definition) is 3. The van der Waals surface area contributed by atoms with E-state index in [2.05, 4.69) is 28.8 Å². The molecule has 2 amide bonds. The summed E-state index contributed by atoms with van der Waals surface area (Å²) in [5, 5.41) is 9.60. The maximum Gasteiger partial charge on any atom is 0.275 e. The molecule has 0 radical (unpaired) electrons. The maximum atomic E-state index is 12.3. The van der Waals surface area contributed by atoms with Crippen molar-refractivity contribution < 1.29 is 14.9 Å². The van der Waals surface area contributed by atoms with E-state index in [0.717, 1.165) is 22.4 Å². The van der Waals surface area contributed by atoms with Gasteiger partial charge in [-0.15, -0.1) is 11.3 Å². The van der Waals surface area contributed by atoms with Crippen molar-refractivity contribution >= 4 is 28.8 Å². The van der Waals surface area contributed by atoms with Gasteiger partial charge < -0.3 is 16.0 Å². The molecular weight excluding hydrogens is 382 g/mol. The number of carbonyl (C=O) groups is 2. The Morgan fingerprint density at radius 2 is 1.76 bits per heavy atom. The van der Waals surface area contributed by atoms with Gasteiger partial charge in [-0.25, -0.2) is 0 Å². The summed E-state index contributed by atoms with van der Waals surface area (Å²) >= 11 is 1.67. The molecule has 3 rings (SSSR count). The van der Waals surface area contributed by atoms with Crippen molar-refractivity contribution in [3.63, 3.8) is 0 Å². The fourth-order valence-corrected chi connectivity index (χ4v) is 3.95. The first-order valence-electron chi connectivity index (χ1n) is 9.59. The first kappa shape index (κ1) is 20.8. The SMILES string of the molecule is Cc1cccc(NC(=O)CNC(=O)C[NH2+][C@H](c2ccccc2)c2cccs2)c1C. The maximum absolute atomic E-state index is 12.3. The van der Waals surface area contributed by atoms with E-state index in [1.165, 1.54) is 4.88 Å². The van der Waals surface area contributed by atoms with Crippen LogP contribution in [0.4, 0.5) is 5.69 Å². The van der Waals surface area contributed by atoms with Gasteiger partial charge in [0.25, 0.3) is 5.91 Å². The monoisotopic (exact) mass is 408 g/mol. The van der Waals surface area contributed by atoms with Crippen LogP contribution in [0, 0.1) is 13.8 Å². The zero-order valence-corrected chi connectivity index (χ0v) is 17.5. The summed E-state index contributed by atoms with van der Waals surface area (Å²) in [7, 11) is 0. The Bertz CT molecular complexity index is 956. The number of thiophene rings is 1. The normalized spacial score (nSPS) is 11.7. The summed E-state index contributed by atoms with van der Waals surface area (Å²) in [6.07, 6.45) is 0. The van der Waals surface area contributed by atoms with Gasteiger partial charge in [0.2, 0.25) is 5.91 Å². The summed E-state index contributed by atoms with van der Waals surface area (Å²) < 4.78 is 0. The molecule has 0 unspecified atom stereocenters. The Morgan fingerprint density at radius 3 is 2.48 bits per heavy atom. The van der Waals surface area contributed by atoms with Crippen molar-refractivity contribution in [2.24, 2.45) is 0 Å². The summed E-state index contributed by atoms with van der Waals surface area (Å²) in [6, 6.07) is 20.0. The third-order valence-corrected chi connectivity index (χ3v) is 5.83. The van der Waals surface area contributed by atoms with E-state index in [9.17, 15) is 9.59 Å². The number of nitrogens with one attached hydrogen (secondary N) is 2. The van der Waals surface area contributed by atoms with Crippen LogP contribution in [0.2, 0.25) is 0 Å². The van der Waals surface area contributed by atoms with Crippen LogP contribution in [-0.4, -0.2) is 24.9 Å². The summed E-state index contributed by atoms with van der Waals surface area (Å²) in [4.78, 5) is 25.7. The Morgan fingerprint density at radius 1 is 0.966 bits per heavy atom. The second-order valence-corrected chi connectivity index (χ2v) is 7.90. The Hall–Kier alpha value is -2.96. The summed E-state index contributed by atoms with van der Waals surface area (Å²) in [5.74, 6) is -0.400. The molecule has 6 heteroatoms. The van der Waals surface area contributed by atoms with E-state index in [1.54, 1.807) is 11.3 Å². The fourth-order valence-electron chi connectivity index (χ4n) is 3.10. The molecule has 5 nitrogen and oxygen atoms in total. The Balaban J connectivity index is 1.52. The zero-order valence-electron chi connectivity index (χ0n) is 16.6. The van der Waals surface area contributed by atoms with Gasteiger partial charge >= 0.3 is 0 Å². The van der Waals surface area contributed by atoms with Gasteiger partial charge in [-0.2, -0.15) is 0 Å². The van der Waals surface area contributed by atoms with Crippen LogP contribution >= 0.6 is 11.3 Å². The molecule has 1 aromatic heterocycles. The first-order valence-corrected chi connectivity index (χ1v) is 10.5. The molecule has 2 aromatic carbocycles. The number of amides is 2. The number of benzene rings is 2. The minimum Gasteiger partial charge on any atom is -0.342 e. The standard InChI is InChI=1S/C23H25N3O2S/c1-16-8-6-11-19(17(16)2)26-22(28)15-24-21(27)14-25-23(20-12-7-13-29-20)18-9-4-3-5-10-18/h3-13,23,25H,14-15H2,1-2H3,(H,24,27)(H,26,28)/p+1/t23-/m1/s1. The van der Waals surface area contributed by atoms with Crippen molar-refractivity contribution in [3.05, 3.63) is 87.6 Å². The molecule has 3 aromatic rings. The summed E-state index contributed by atoms with van der Waals surface area (Å²) in [5.41, 5.74) is 4.07. The lowest BCUT2D eigenvalue weighted by molar-refractivity contribution is -0.676. The average molecular weight is 409 g/mol. The molecular formula is C23H26N3O2S+. The van der Waals surface area contributed by atoms with E-state index in [1.807, 2.05) is 67.0 Å². The molecule has 0 spiro atoms. The molecule has 0 saturated carbocycles. The van der Waals surface area contributed by atoms with Crippen LogP contribution in [-0.2, 0) is 9.59 Å². The Kier molecular flexibility index (Phi) is 7.16. The van der Waals surface area contributed by atoms with Crippen LogP contribution in [0.3, 0.4) is 0 Å². The van der Waals surface area contributed by atoms with Crippen LogP contribution in [0.1, 0.15) is 27.6 Å². The van der Waals surface area contributed by atoms with E-state index < -0.39 is 0 Å². The lowest BCUT2D eigenvalue weighted by Gasteiger charge is -2.15. The Labute approximate surface area is 175 Å². The second kappa shape index (κ2) is 10.0. The van der Waals surface area contributed by atoms with Gasteiger partial charge in [-0.05, 0) is 42.5 Å². The van der Waals surface area contributed by atoms with Crippen LogP contribution in [0.15, 0.2) is 66.0 Å². The quantitative estimate of drug-likeness (QED) is 0.536. The molecule has 150 valence electrons. The van der Waals surface area contributed by atoms with Crippen molar-refractivity contribution in [3.8, 4) is 0 Å². The van der Waals surface area contributed by atoms with Gasteiger partial charge in [0.05, 0.1) is 11.4 Å². The van der Waals surface area contributed by atoms with Crippen LogP contribution in [0.5, 0.6) is 0 Å². The number of aryl methyl sites for hydroxylation is 1. The predicted octanol–water partition coefficient (Wildman–Crippen LogP) is 2.77. The second-order valence-electron chi connectivity index (χ2n) is 6.92. The minimum atomic E-state index is -0.232. The predicted molar refractivity (Wildman–Crippen MR) is 117 cm³/mol. The van der Waals surface area contributed by atoms with Gasteiger partial charge in [0.15, 0.2) is 6.54 Å². The molecule has 0 aliphatic heterocycles. The third-order valence-electron chi connectivity index (χ3n) is 4.87. The molecule has 0 aliphatic rings. The molecule has 0 fully saturated rings. The number of hydrogen-bond donors (Lipinski definition) is 3. The van der Waals surface area contributed by atoms with Gasteiger partial charge in [-0.3, -0.25) is 9.59 Å². The molecule has 0 bridgehead atoms. The van der Waals surface area contributed by atoms with Crippen molar-refractivity contribution in [1.29, 1.82) is 0 Å². The first-order chi connectivity index (χ1) is 14.0. The largest absolute Gasteiger partial charge is 0.342 e. The van der Waals surface area contributed by atoms with Crippen LogP contribution in [0.25, 0.3) is 0 Å². The average Bonchev–Trinajstić information content (AvgIpc) is 3.25. The molecule has 0 saturated heterocycles. The van der Waals surface area contributed by atoms with Gasteiger partial charge in [-0.1, -0.05) is 48.5 Å². The highest BCUT2D eigenvalue weighted by Crippen LogP contribution is 2.22. The molecule has 29 heavy (non-hydrogen) atoms. The lowest BCUT2D eigenvalue weighted by Crippen LogP contribution is -2.87. The van der Waals surface area contributed by atoms with Crippen molar-refractivity contribution in [1.82, 2.24) is 5.32 Å².